The van der Waals surface area contributed by atoms with Crippen LogP contribution in [-0.4, -0.2) is 38.6 Å². The maximum atomic E-state index is 12.1. The van der Waals surface area contributed by atoms with Crippen molar-refractivity contribution in [3.63, 3.8) is 0 Å². The van der Waals surface area contributed by atoms with Crippen molar-refractivity contribution in [1.29, 1.82) is 0 Å². The highest BCUT2D eigenvalue weighted by atomic mass is 16.5. The van der Waals surface area contributed by atoms with E-state index in [0.717, 1.165) is 18.5 Å². The molecule has 1 aromatic carbocycles. The minimum absolute atomic E-state index is 0.260. The van der Waals surface area contributed by atoms with Gasteiger partial charge in [0, 0.05) is 5.56 Å². The van der Waals surface area contributed by atoms with Gasteiger partial charge in [0.05, 0.1) is 7.11 Å². The summed E-state index contributed by atoms with van der Waals surface area (Å²) in [5.74, 6) is -0.717. The van der Waals surface area contributed by atoms with Gasteiger partial charge in [0.1, 0.15) is 6.04 Å². The fourth-order valence-electron chi connectivity index (χ4n) is 1.73. The van der Waals surface area contributed by atoms with Crippen LogP contribution in [0.25, 0.3) is 0 Å². The second-order valence-electron chi connectivity index (χ2n) is 4.23. The molecule has 0 aromatic heterocycles. The number of hydrogen-bond acceptors (Lipinski definition) is 4. The Balaban J connectivity index is 2.78. The van der Waals surface area contributed by atoms with Gasteiger partial charge in [-0.05, 0) is 38.6 Å². The molecule has 0 aliphatic heterocycles. The Kier molecular flexibility index (Phi) is 6.02. The molecule has 0 unspecified atom stereocenters. The molecule has 1 rings (SSSR count). The number of carbonyl (C=O) groups excluding carboxylic acids is 2. The average Bonchev–Trinajstić information content (AvgIpc) is 2.44. The van der Waals surface area contributed by atoms with Gasteiger partial charge in [0.25, 0.3) is 5.91 Å². The number of rotatable bonds is 6. The van der Waals surface area contributed by atoms with Crippen LogP contribution in [-0.2, 0) is 16.0 Å². The third kappa shape index (κ3) is 4.37. The Hall–Kier alpha value is -1.88. The molecule has 0 aliphatic rings. The molecule has 0 bridgehead atoms. The van der Waals surface area contributed by atoms with Gasteiger partial charge >= 0.3 is 5.97 Å². The highest BCUT2D eigenvalue weighted by Crippen LogP contribution is 2.09. The van der Waals surface area contributed by atoms with Crippen molar-refractivity contribution in [2.45, 2.75) is 19.4 Å². The van der Waals surface area contributed by atoms with Gasteiger partial charge in [0.15, 0.2) is 0 Å². The zero-order valence-corrected chi connectivity index (χ0v) is 11.5. The minimum atomic E-state index is -0.658. The number of methoxy groups -OCH3 is 1. The fourth-order valence-corrected chi connectivity index (χ4v) is 1.73. The van der Waals surface area contributed by atoms with Crippen LogP contribution in [0.4, 0.5) is 0 Å². The van der Waals surface area contributed by atoms with Crippen LogP contribution < -0.4 is 10.6 Å². The maximum absolute atomic E-state index is 12.1. The molecule has 0 saturated carbocycles. The van der Waals surface area contributed by atoms with Crippen molar-refractivity contribution < 1.29 is 14.3 Å². The number of carbonyl (C=O) groups is 2. The van der Waals surface area contributed by atoms with Crippen LogP contribution in [0.1, 0.15) is 22.8 Å². The molecule has 0 aliphatic carbocycles. The number of hydrogen-bond donors (Lipinski definition) is 2. The van der Waals surface area contributed by atoms with E-state index >= 15 is 0 Å². The number of amides is 1. The molecule has 0 fully saturated rings. The molecule has 1 atom stereocenters. The molecule has 0 heterocycles. The van der Waals surface area contributed by atoms with E-state index in [4.69, 9.17) is 0 Å². The van der Waals surface area contributed by atoms with Crippen LogP contribution in [0.15, 0.2) is 24.3 Å². The highest BCUT2D eigenvalue weighted by Gasteiger charge is 2.18. The topological polar surface area (TPSA) is 67.4 Å². The predicted octanol–water partition coefficient (Wildman–Crippen LogP) is 0.740. The van der Waals surface area contributed by atoms with E-state index in [1.807, 2.05) is 19.2 Å². The van der Waals surface area contributed by atoms with Crippen molar-refractivity contribution in [1.82, 2.24) is 10.6 Å². The van der Waals surface area contributed by atoms with Crippen molar-refractivity contribution in [2.75, 3.05) is 20.7 Å². The van der Waals surface area contributed by atoms with Gasteiger partial charge in [-0.1, -0.05) is 18.2 Å². The first kappa shape index (κ1) is 15.2. The summed E-state index contributed by atoms with van der Waals surface area (Å²) in [6, 6.07) is 6.71. The van der Waals surface area contributed by atoms with Crippen LogP contribution in [0.3, 0.4) is 0 Å². The lowest BCUT2D eigenvalue weighted by molar-refractivity contribution is -0.142. The molecule has 19 heavy (non-hydrogen) atoms. The fraction of sp³-hybridized carbons (Fsp3) is 0.429. The number of likely N-dealkylation sites (N-methyl/N-ethyl adjacent to an activating group) is 1. The van der Waals surface area contributed by atoms with E-state index in [-0.39, 0.29) is 5.91 Å². The number of benzene rings is 1. The summed E-state index contributed by atoms with van der Waals surface area (Å²) >= 11 is 0. The normalized spacial score (nSPS) is 11.7. The smallest absolute Gasteiger partial charge is 0.328 e. The first-order valence-electron chi connectivity index (χ1n) is 6.21. The Bertz CT molecular complexity index is 446. The summed E-state index contributed by atoms with van der Waals surface area (Å²) in [5.41, 5.74) is 1.54. The van der Waals surface area contributed by atoms with Crippen molar-refractivity contribution in [2.24, 2.45) is 0 Å². The first-order valence-corrected chi connectivity index (χ1v) is 6.21. The van der Waals surface area contributed by atoms with Crippen molar-refractivity contribution >= 4 is 11.9 Å². The largest absolute Gasteiger partial charge is 0.467 e. The van der Waals surface area contributed by atoms with Gasteiger partial charge in [-0.15, -0.1) is 0 Å². The molecule has 0 spiro atoms. The van der Waals surface area contributed by atoms with Gasteiger partial charge < -0.3 is 15.4 Å². The monoisotopic (exact) mass is 264 g/mol. The predicted molar refractivity (Wildman–Crippen MR) is 73.0 cm³/mol. The second-order valence-corrected chi connectivity index (χ2v) is 4.23. The van der Waals surface area contributed by atoms with Crippen LogP contribution >= 0.6 is 0 Å². The van der Waals surface area contributed by atoms with Crippen molar-refractivity contribution in [3.05, 3.63) is 35.4 Å². The average molecular weight is 264 g/mol. The zero-order chi connectivity index (χ0) is 14.3. The molecule has 1 aromatic rings. The SMILES string of the molecule is CNCCc1ccccc1C(=O)N[C@@H](C)C(=O)OC. The lowest BCUT2D eigenvalue weighted by atomic mass is 10.0. The van der Waals surface area contributed by atoms with E-state index in [1.165, 1.54) is 7.11 Å². The Morgan fingerprint density at radius 2 is 2.00 bits per heavy atom. The van der Waals surface area contributed by atoms with Crippen LogP contribution in [0.5, 0.6) is 0 Å². The van der Waals surface area contributed by atoms with E-state index in [0.29, 0.717) is 5.56 Å². The quantitative estimate of drug-likeness (QED) is 0.744. The summed E-state index contributed by atoms with van der Waals surface area (Å²) in [6.45, 7) is 2.39. The second kappa shape index (κ2) is 7.53. The van der Waals surface area contributed by atoms with E-state index in [9.17, 15) is 9.59 Å². The Morgan fingerprint density at radius 3 is 2.63 bits per heavy atom. The number of esters is 1. The molecule has 0 radical (unpaired) electrons. The Labute approximate surface area is 113 Å². The molecule has 5 nitrogen and oxygen atoms in total. The maximum Gasteiger partial charge on any atom is 0.328 e. The summed E-state index contributed by atoms with van der Waals surface area (Å²) in [6.07, 6.45) is 0.757. The molecular weight excluding hydrogens is 244 g/mol. The van der Waals surface area contributed by atoms with Crippen LogP contribution in [0, 0.1) is 0 Å². The molecule has 1 amide bonds. The summed E-state index contributed by atoms with van der Waals surface area (Å²) in [5, 5.41) is 5.67. The standard InChI is InChI=1S/C14H20N2O3/c1-10(14(18)19-3)16-13(17)12-7-5-4-6-11(12)8-9-15-2/h4-7,10,15H,8-9H2,1-3H3,(H,16,17)/t10-/m0/s1. The minimum Gasteiger partial charge on any atom is -0.467 e. The van der Waals surface area contributed by atoms with Gasteiger partial charge in [-0.3, -0.25) is 4.79 Å². The summed E-state index contributed by atoms with van der Waals surface area (Å²) in [7, 11) is 3.16. The third-order valence-electron chi connectivity index (χ3n) is 2.81. The van der Waals surface area contributed by atoms with Gasteiger partial charge in [-0.25, -0.2) is 4.79 Å². The lowest BCUT2D eigenvalue weighted by Gasteiger charge is -2.13. The number of nitrogens with one attached hydrogen (secondary N) is 2. The van der Waals surface area contributed by atoms with Gasteiger partial charge in [-0.2, -0.15) is 0 Å². The van der Waals surface area contributed by atoms with E-state index < -0.39 is 12.0 Å². The molecule has 2 N–H and O–H groups in total. The van der Waals surface area contributed by atoms with Crippen LogP contribution in [0.2, 0.25) is 0 Å². The number of ether oxygens (including phenoxy) is 1. The first-order chi connectivity index (χ1) is 9.10. The summed E-state index contributed by atoms with van der Waals surface area (Å²) in [4.78, 5) is 23.4. The Morgan fingerprint density at radius 1 is 1.32 bits per heavy atom. The van der Waals surface area contributed by atoms with E-state index in [2.05, 4.69) is 15.4 Å². The third-order valence-corrected chi connectivity index (χ3v) is 2.81. The lowest BCUT2D eigenvalue weighted by Crippen LogP contribution is -2.39. The molecule has 104 valence electrons. The van der Waals surface area contributed by atoms with E-state index in [1.54, 1.807) is 19.1 Å². The zero-order valence-electron chi connectivity index (χ0n) is 11.5. The molecule has 0 saturated heterocycles. The molecular formula is C14H20N2O3. The van der Waals surface area contributed by atoms with Crippen molar-refractivity contribution in [3.8, 4) is 0 Å². The van der Waals surface area contributed by atoms with Gasteiger partial charge in [0.2, 0.25) is 0 Å². The summed E-state index contributed by atoms with van der Waals surface area (Å²) < 4.78 is 4.58. The molecule has 5 heteroatoms. The highest BCUT2D eigenvalue weighted by molar-refractivity contribution is 5.97.